The largest absolute Gasteiger partial charge is 0.462 e. The molecule has 9 atom stereocenters. The molecule has 0 aliphatic heterocycles. The number of hydrogen-bond acceptors (Lipinski definition) is 6. The van der Waals surface area contributed by atoms with E-state index >= 15 is 0 Å². The van der Waals surface area contributed by atoms with Crippen molar-refractivity contribution in [3.63, 3.8) is 0 Å². The van der Waals surface area contributed by atoms with E-state index in [1.54, 1.807) is 0 Å². The molecule has 0 aromatic heterocycles. The van der Waals surface area contributed by atoms with Gasteiger partial charge in [-0.1, -0.05) is 13.8 Å². The lowest BCUT2D eigenvalue weighted by Crippen LogP contribution is -2.68. The minimum atomic E-state index is -1.23. The standard InChI is InChI=1S/C23H36O6/c1-13(24)28-15-7-10-22(4)18-8-9-21(3)17(5-6-20(21)29-14(2)25)16(18)11-19(26)23(22,27)12-15/h15-20,26-27H,5-12H2,1-4H3/t15-,16+,17-,18-,19-,20-,21+,22-,23+/m1/s1. The highest BCUT2D eigenvalue weighted by Gasteiger charge is 2.68. The number of carbonyl (C=O) groups is 2. The normalized spacial score (nSPS) is 51.4. The van der Waals surface area contributed by atoms with E-state index in [4.69, 9.17) is 9.47 Å². The molecule has 4 aliphatic rings. The Morgan fingerprint density at radius 2 is 1.62 bits per heavy atom. The minimum Gasteiger partial charge on any atom is -0.462 e. The molecule has 2 N–H and O–H groups in total. The van der Waals surface area contributed by atoms with Crippen LogP contribution in [0.4, 0.5) is 0 Å². The molecule has 0 bridgehead atoms. The van der Waals surface area contributed by atoms with Crippen LogP contribution in [-0.4, -0.2) is 46.1 Å². The van der Waals surface area contributed by atoms with Gasteiger partial charge in [0.05, 0.1) is 11.7 Å². The van der Waals surface area contributed by atoms with E-state index in [-0.39, 0.29) is 29.6 Å². The van der Waals surface area contributed by atoms with E-state index in [1.807, 2.05) is 0 Å². The second kappa shape index (κ2) is 6.94. The summed E-state index contributed by atoms with van der Waals surface area (Å²) in [5, 5.41) is 22.9. The summed E-state index contributed by atoms with van der Waals surface area (Å²) >= 11 is 0. The summed E-state index contributed by atoms with van der Waals surface area (Å²) in [6.07, 6.45) is 4.99. The second-order valence-electron chi connectivity index (χ2n) is 10.7. The Hall–Kier alpha value is -1.14. The van der Waals surface area contributed by atoms with Crippen molar-refractivity contribution in [2.45, 2.75) is 103 Å². The van der Waals surface area contributed by atoms with Gasteiger partial charge in [-0.3, -0.25) is 9.59 Å². The highest BCUT2D eigenvalue weighted by molar-refractivity contribution is 5.66. The smallest absolute Gasteiger partial charge is 0.302 e. The van der Waals surface area contributed by atoms with Crippen LogP contribution in [0.2, 0.25) is 0 Å². The molecular weight excluding hydrogens is 372 g/mol. The first-order valence-corrected chi connectivity index (χ1v) is 11.3. The molecule has 0 unspecified atom stereocenters. The van der Waals surface area contributed by atoms with Gasteiger partial charge in [0.1, 0.15) is 12.2 Å². The number of hydrogen-bond donors (Lipinski definition) is 2. The van der Waals surface area contributed by atoms with Gasteiger partial charge in [-0.05, 0) is 62.7 Å². The van der Waals surface area contributed by atoms with Crippen molar-refractivity contribution in [1.82, 2.24) is 0 Å². The molecule has 4 aliphatic carbocycles. The molecule has 6 heteroatoms. The van der Waals surface area contributed by atoms with Crippen molar-refractivity contribution in [2.24, 2.45) is 28.6 Å². The minimum absolute atomic E-state index is 0.0450. The maximum absolute atomic E-state index is 11.7. The van der Waals surface area contributed by atoms with Crippen molar-refractivity contribution in [3.05, 3.63) is 0 Å². The van der Waals surface area contributed by atoms with Gasteiger partial charge in [0.15, 0.2) is 0 Å². The Balaban J connectivity index is 1.60. The molecule has 0 spiro atoms. The summed E-state index contributed by atoms with van der Waals surface area (Å²) in [5.74, 6) is 0.491. The number of fused-ring (bicyclic) bond motifs is 5. The van der Waals surface area contributed by atoms with E-state index < -0.39 is 17.1 Å². The van der Waals surface area contributed by atoms with E-state index in [9.17, 15) is 19.8 Å². The summed E-state index contributed by atoms with van der Waals surface area (Å²) < 4.78 is 11.1. The van der Waals surface area contributed by atoms with Crippen LogP contribution in [0.5, 0.6) is 0 Å². The van der Waals surface area contributed by atoms with Gasteiger partial charge in [-0.15, -0.1) is 0 Å². The van der Waals surface area contributed by atoms with E-state index in [0.29, 0.717) is 30.6 Å². The first-order valence-electron chi connectivity index (χ1n) is 11.3. The van der Waals surface area contributed by atoms with Gasteiger partial charge in [0.2, 0.25) is 0 Å². The van der Waals surface area contributed by atoms with Crippen LogP contribution < -0.4 is 0 Å². The van der Waals surface area contributed by atoms with Crippen molar-refractivity contribution in [3.8, 4) is 0 Å². The molecule has 0 aromatic carbocycles. The molecule has 0 radical (unpaired) electrons. The van der Waals surface area contributed by atoms with E-state index in [2.05, 4.69) is 13.8 Å². The zero-order chi connectivity index (χ0) is 21.2. The van der Waals surface area contributed by atoms with Gasteiger partial charge in [0.25, 0.3) is 0 Å². The highest BCUT2D eigenvalue weighted by atomic mass is 16.5. The highest BCUT2D eigenvalue weighted by Crippen LogP contribution is 2.67. The Kier molecular flexibility index (Phi) is 5.05. The maximum Gasteiger partial charge on any atom is 0.302 e. The lowest BCUT2D eigenvalue weighted by Gasteiger charge is -2.65. The second-order valence-corrected chi connectivity index (χ2v) is 10.7. The molecule has 4 saturated carbocycles. The fraction of sp³-hybridized carbons (Fsp3) is 0.913. The van der Waals surface area contributed by atoms with Crippen molar-refractivity contribution < 1.29 is 29.3 Å². The van der Waals surface area contributed by atoms with E-state index in [1.165, 1.54) is 13.8 Å². The summed E-state index contributed by atoms with van der Waals surface area (Å²) in [6.45, 7) is 7.27. The van der Waals surface area contributed by atoms with Crippen LogP contribution in [0, 0.1) is 28.6 Å². The number of rotatable bonds is 2. The SMILES string of the molecule is CC(=O)O[C@@H]1CC[C@]2(C)[C@@H]3CC[C@@]4(C)[C@H](CC[C@H]4OC(C)=O)[C@@H]3C[C@@H](O)[C@@]2(O)C1. The van der Waals surface area contributed by atoms with Crippen molar-refractivity contribution >= 4 is 11.9 Å². The van der Waals surface area contributed by atoms with Crippen LogP contribution in [0.15, 0.2) is 0 Å². The average molecular weight is 409 g/mol. The summed E-state index contributed by atoms with van der Waals surface area (Å²) in [7, 11) is 0. The summed E-state index contributed by atoms with van der Waals surface area (Å²) in [5.41, 5.74) is -1.67. The number of esters is 2. The summed E-state index contributed by atoms with van der Waals surface area (Å²) in [6, 6.07) is 0. The lowest BCUT2D eigenvalue weighted by atomic mass is 9.43. The predicted molar refractivity (Wildman–Crippen MR) is 106 cm³/mol. The first kappa shape index (κ1) is 21.1. The third kappa shape index (κ3) is 3.04. The molecular formula is C23H36O6. The molecule has 164 valence electrons. The quantitative estimate of drug-likeness (QED) is 0.683. The van der Waals surface area contributed by atoms with Gasteiger partial charge in [-0.25, -0.2) is 0 Å². The van der Waals surface area contributed by atoms with E-state index in [0.717, 1.165) is 38.5 Å². The number of aliphatic hydroxyl groups is 2. The number of aliphatic hydroxyl groups excluding tert-OH is 1. The Morgan fingerprint density at radius 3 is 2.28 bits per heavy atom. The average Bonchev–Trinajstić information content (AvgIpc) is 2.93. The van der Waals surface area contributed by atoms with Crippen molar-refractivity contribution in [2.75, 3.05) is 0 Å². The molecule has 0 heterocycles. The van der Waals surface area contributed by atoms with Crippen molar-refractivity contribution in [1.29, 1.82) is 0 Å². The molecule has 0 saturated heterocycles. The molecule has 29 heavy (non-hydrogen) atoms. The Bertz CT molecular complexity index is 693. The van der Waals surface area contributed by atoms with Crippen LogP contribution in [-0.2, 0) is 19.1 Å². The van der Waals surface area contributed by atoms with Gasteiger partial charge >= 0.3 is 11.9 Å². The molecule has 6 nitrogen and oxygen atoms in total. The summed E-state index contributed by atoms with van der Waals surface area (Å²) in [4.78, 5) is 23.0. The van der Waals surface area contributed by atoms with Gasteiger partial charge < -0.3 is 19.7 Å². The fourth-order valence-corrected chi connectivity index (χ4v) is 7.92. The third-order valence-corrected chi connectivity index (χ3v) is 9.37. The maximum atomic E-state index is 11.7. The van der Waals surface area contributed by atoms with Gasteiger partial charge in [0, 0.05) is 31.1 Å². The van der Waals surface area contributed by atoms with Crippen LogP contribution in [0.1, 0.15) is 79.1 Å². The fourth-order valence-electron chi connectivity index (χ4n) is 7.92. The number of carbonyl (C=O) groups excluding carboxylic acids is 2. The lowest BCUT2D eigenvalue weighted by molar-refractivity contribution is -0.267. The van der Waals surface area contributed by atoms with Crippen LogP contribution in [0.3, 0.4) is 0 Å². The van der Waals surface area contributed by atoms with Crippen LogP contribution >= 0.6 is 0 Å². The van der Waals surface area contributed by atoms with Gasteiger partial charge in [-0.2, -0.15) is 0 Å². The third-order valence-electron chi connectivity index (χ3n) is 9.37. The predicted octanol–water partition coefficient (Wildman–Crippen LogP) is 2.98. The Labute approximate surface area is 173 Å². The first-order chi connectivity index (χ1) is 13.5. The zero-order valence-corrected chi connectivity index (χ0v) is 18.1. The number of ether oxygens (including phenoxy) is 2. The topological polar surface area (TPSA) is 93.1 Å². The molecule has 4 rings (SSSR count). The van der Waals surface area contributed by atoms with Crippen LogP contribution in [0.25, 0.3) is 0 Å². The molecule has 0 amide bonds. The monoisotopic (exact) mass is 408 g/mol. The molecule has 4 fully saturated rings. The zero-order valence-electron chi connectivity index (χ0n) is 18.1. The molecule has 0 aromatic rings. The Morgan fingerprint density at radius 1 is 0.931 bits per heavy atom.